The first-order chi connectivity index (χ1) is 8.74. The summed E-state index contributed by atoms with van der Waals surface area (Å²) in [4.78, 5) is 4.11. The fourth-order valence-corrected chi connectivity index (χ4v) is 2.09. The first kappa shape index (κ1) is 12.7. The molecule has 0 amide bonds. The van der Waals surface area contributed by atoms with Crippen molar-refractivity contribution in [2.24, 2.45) is 0 Å². The van der Waals surface area contributed by atoms with Gasteiger partial charge in [0.05, 0.1) is 29.8 Å². The Labute approximate surface area is 114 Å². The molecule has 0 aliphatic carbocycles. The van der Waals surface area contributed by atoms with Crippen LogP contribution in [0.4, 0.5) is 5.69 Å². The third-order valence-corrected chi connectivity index (χ3v) is 3.19. The minimum absolute atomic E-state index is 0.640. The van der Waals surface area contributed by atoms with Crippen molar-refractivity contribution in [2.45, 2.75) is 20.0 Å². The summed E-state index contributed by atoms with van der Waals surface area (Å²) in [6.07, 6.45) is 3.64. The van der Waals surface area contributed by atoms with Crippen molar-refractivity contribution in [3.8, 4) is 6.07 Å². The molecule has 18 heavy (non-hydrogen) atoms. The van der Waals surface area contributed by atoms with Crippen LogP contribution in [0.15, 0.2) is 35.2 Å². The Bertz CT molecular complexity index is 583. The van der Waals surface area contributed by atoms with Gasteiger partial charge in [-0.25, -0.2) is 4.98 Å². The number of aryl methyl sites for hydroxylation is 1. The van der Waals surface area contributed by atoms with Crippen molar-refractivity contribution in [1.82, 2.24) is 9.55 Å². The number of nitrogens with one attached hydrogen (secondary N) is 1. The second-order valence-corrected chi connectivity index (χ2v) is 4.74. The Morgan fingerprint density at radius 3 is 3.06 bits per heavy atom. The van der Waals surface area contributed by atoms with E-state index in [0.717, 1.165) is 22.4 Å². The predicted octanol–water partition coefficient (Wildman–Crippen LogP) is 3.15. The monoisotopic (exact) mass is 304 g/mol. The molecule has 0 saturated carbocycles. The maximum atomic E-state index is 9.04. The summed E-state index contributed by atoms with van der Waals surface area (Å²) in [5, 5.41) is 12.3. The minimum Gasteiger partial charge on any atom is -0.378 e. The number of nitrogens with zero attached hydrogens (tertiary/aromatic N) is 3. The summed E-state index contributed by atoms with van der Waals surface area (Å²) in [5.74, 6) is 0. The number of rotatable bonds is 4. The molecule has 0 aliphatic rings. The molecule has 0 bridgehead atoms. The fourth-order valence-electron chi connectivity index (χ4n) is 1.73. The van der Waals surface area contributed by atoms with Crippen LogP contribution in [0.3, 0.4) is 0 Å². The molecule has 0 fully saturated rings. The van der Waals surface area contributed by atoms with Gasteiger partial charge in [-0.05, 0) is 25.1 Å². The molecule has 2 rings (SSSR count). The normalized spacial score (nSPS) is 10.1. The van der Waals surface area contributed by atoms with Crippen molar-refractivity contribution < 1.29 is 0 Å². The lowest BCUT2D eigenvalue weighted by Crippen LogP contribution is -2.06. The lowest BCUT2D eigenvalue weighted by atomic mass is 10.2. The summed E-state index contributed by atoms with van der Waals surface area (Å²) in [7, 11) is 0. The van der Waals surface area contributed by atoms with Crippen molar-refractivity contribution in [1.29, 1.82) is 5.26 Å². The molecule has 0 radical (unpaired) electrons. The van der Waals surface area contributed by atoms with Gasteiger partial charge in [0.25, 0.3) is 0 Å². The predicted molar refractivity (Wildman–Crippen MR) is 74.1 cm³/mol. The standard InChI is InChI=1S/C13H13BrN4/c1-2-18-9-16-7-12(18)8-17-13-5-11(14)4-3-10(13)6-15/h3-5,7,9,17H,2,8H2,1H3. The molecule has 1 aromatic carbocycles. The molecular formula is C13H13BrN4. The highest BCUT2D eigenvalue weighted by atomic mass is 79.9. The molecule has 4 nitrogen and oxygen atoms in total. The van der Waals surface area contributed by atoms with Gasteiger partial charge in [0, 0.05) is 17.2 Å². The van der Waals surface area contributed by atoms with E-state index in [-0.39, 0.29) is 0 Å². The van der Waals surface area contributed by atoms with Gasteiger partial charge in [-0.1, -0.05) is 15.9 Å². The van der Waals surface area contributed by atoms with E-state index in [0.29, 0.717) is 12.1 Å². The van der Waals surface area contributed by atoms with E-state index in [1.807, 2.05) is 24.7 Å². The van der Waals surface area contributed by atoms with Crippen molar-refractivity contribution in [3.05, 3.63) is 46.5 Å². The Morgan fingerprint density at radius 1 is 1.50 bits per heavy atom. The van der Waals surface area contributed by atoms with Gasteiger partial charge < -0.3 is 9.88 Å². The van der Waals surface area contributed by atoms with Gasteiger partial charge in [0.15, 0.2) is 0 Å². The number of anilines is 1. The zero-order valence-corrected chi connectivity index (χ0v) is 11.6. The maximum Gasteiger partial charge on any atom is 0.101 e. The lowest BCUT2D eigenvalue weighted by molar-refractivity contribution is 0.719. The van der Waals surface area contributed by atoms with Crippen molar-refractivity contribution in [3.63, 3.8) is 0 Å². The topological polar surface area (TPSA) is 53.6 Å². The summed E-state index contributed by atoms with van der Waals surface area (Å²) in [6, 6.07) is 7.74. The molecule has 1 heterocycles. The van der Waals surface area contributed by atoms with Gasteiger partial charge in [-0.2, -0.15) is 5.26 Å². The Hall–Kier alpha value is -1.80. The highest BCUT2D eigenvalue weighted by Crippen LogP contribution is 2.21. The largest absolute Gasteiger partial charge is 0.378 e. The highest BCUT2D eigenvalue weighted by Gasteiger charge is 2.04. The molecule has 1 N–H and O–H groups in total. The van der Waals surface area contributed by atoms with Crippen molar-refractivity contribution in [2.75, 3.05) is 5.32 Å². The molecular weight excluding hydrogens is 292 g/mol. The van der Waals surface area contributed by atoms with Gasteiger partial charge in [-0.15, -0.1) is 0 Å². The second kappa shape index (κ2) is 5.69. The Kier molecular flexibility index (Phi) is 4.00. The summed E-state index contributed by atoms with van der Waals surface area (Å²) in [5.41, 5.74) is 2.57. The van der Waals surface area contributed by atoms with Crippen molar-refractivity contribution >= 4 is 21.6 Å². The molecule has 0 spiro atoms. The number of nitriles is 1. The van der Waals surface area contributed by atoms with E-state index in [1.165, 1.54) is 0 Å². The number of aromatic nitrogens is 2. The molecule has 0 saturated heterocycles. The molecule has 2 aromatic rings. The molecule has 0 aliphatic heterocycles. The SMILES string of the molecule is CCn1cncc1CNc1cc(Br)ccc1C#N. The average Bonchev–Trinajstić information content (AvgIpc) is 2.84. The molecule has 5 heteroatoms. The van der Waals surface area contributed by atoms with Crippen LogP contribution in [-0.2, 0) is 13.1 Å². The summed E-state index contributed by atoms with van der Waals surface area (Å²) < 4.78 is 3.02. The van der Waals surface area contributed by atoms with E-state index in [2.05, 4.69) is 43.8 Å². The van der Waals surface area contributed by atoms with Crippen LogP contribution in [0.1, 0.15) is 18.2 Å². The highest BCUT2D eigenvalue weighted by molar-refractivity contribution is 9.10. The molecule has 0 atom stereocenters. The smallest absolute Gasteiger partial charge is 0.101 e. The van der Waals surface area contributed by atoms with Crippen LogP contribution >= 0.6 is 15.9 Å². The summed E-state index contributed by atoms with van der Waals surface area (Å²) in [6.45, 7) is 3.62. The van der Waals surface area contributed by atoms with Crippen LogP contribution in [-0.4, -0.2) is 9.55 Å². The summed E-state index contributed by atoms with van der Waals surface area (Å²) >= 11 is 3.41. The lowest BCUT2D eigenvalue weighted by Gasteiger charge is -2.10. The first-order valence-electron chi connectivity index (χ1n) is 5.67. The number of hydrogen-bond donors (Lipinski definition) is 1. The van der Waals surface area contributed by atoms with Crippen LogP contribution in [0.2, 0.25) is 0 Å². The molecule has 92 valence electrons. The van der Waals surface area contributed by atoms with E-state index in [9.17, 15) is 0 Å². The minimum atomic E-state index is 0.640. The third kappa shape index (κ3) is 2.71. The Morgan fingerprint density at radius 2 is 2.33 bits per heavy atom. The van der Waals surface area contributed by atoms with E-state index in [1.54, 1.807) is 6.07 Å². The number of benzene rings is 1. The van der Waals surface area contributed by atoms with Crippen LogP contribution < -0.4 is 5.32 Å². The first-order valence-corrected chi connectivity index (χ1v) is 6.46. The zero-order chi connectivity index (χ0) is 13.0. The molecule has 0 unspecified atom stereocenters. The average molecular weight is 305 g/mol. The zero-order valence-electron chi connectivity index (χ0n) is 10.0. The van der Waals surface area contributed by atoms with Gasteiger partial charge in [0.2, 0.25) is 0 Å². The fraction of sp³-hybridized carbons (Fsp3) is 0.231. The van der Waals surface area contributed by atoms with Crippen LogP contribution in [0.25, 0.3) is 0 Å². The number of hydrogen-bond acceptors (Lipinski definition) is 3. The number of halogens is 1. The van der Waals surface area contributed by atoms with E-state index in [4.69, 9.17) is 5.26 Å². The third-order valence-electron chi connectivity index (χ3n) is 2.70. The Balaban J connectivity index is 2.15. The maximum absolute atomic E-state index is 9.04. The van der Waals surface area contributed by atoms with Gasteiger partial charge in [0.1, 0.15) is 6.07 Å². The van der Waals surface area contributed by atoms with E-state index < -0.39 is 0 Å². The van der Waals surface area contributed by atoms with Crippen LogP contribution in [0.5, 0.6) is 0 Å². The number of imidazole rings is 1. The second-order valence-electron chi connectivity index (χ2n) is 3.83. The van der Waals surface area contributed by atoms with Gasteiger partial charge in [-0.3, -0.25) is 0 Å². The van der Waals surface area contributed by atoms with Crippen LogP contribution in [0, 0.1) is 11.3 Å². The van der Waals surface area contributed by atoms with Gasteiger partial charge >= 0.3 is 0 Å². The van der Waals surface area contributed by atoms with E-state index >= 15 is 0 Å². The molecule has 1 aromatic heterocycles. The quantitative estimate of drug-likeness (QED) is 0.944.